The molecule has 0 radical (unpaired) electrons. The molecule has 1 atom stereocenters. The minimum atomic E-state index is -0.758. The molecule has 0 bridgehead atoms. The van der Waals surface area contributed by atoms with Gasteiger partial charge in [-0.1, -0.05) is 22.9 Å². The normalized spacial score (nSPS) is 13.3. The second-order valence-electron chi connectivity index (χ2n) is 4.69. The molecule has 0 saturated carbocycles. The topological polar surface area (TPSA) is 48.7 Å². The summed E-state index contributed by atoms with van der Waals surface area (Å²) in [5.74, 6) is 0. The van der Waals surface area contributed by atoms with Gasteiger partial charge in [0.25, 0.3) is 0 Å². The molecule has 1 heterocycles. The van der Waals surface area contributed by atoms with E-state index < -0.39 is 5.54 Å². The van der Waals surface area contributed by atoms with Crippen molar-refractivity contribution in [2.75, 3.05) is 5.32 Å². The highest BCUT2D eigenvalue weighted by atomic mass is 79.9. The van der Waals surface area contributed by atoms with Crippen LogP contribution in [0.1, 0.15) is 24.5 Å². The van der Waals surface area contributed by atoms with E-state index in [-0.39, 0.29) is 0 Å². The Labute approximate surface area is 127 Å². The maximum atomic E-state index is 9.72. The summed E-state index contributed by atoms with van der Waals surface area (Å²) in [6, 6.07) is 12.2. The predicted molar refractivity (Wildman–Crippen MR) is 84.3 cm³/mol. The van der Waals surface area contributed by atoms with Crippen LogP contribution in [0.3, 0.4) is 0 Å². The lowest BCUT2D eigenvalue weighted by Crippen LogP contribution is -2.34. The largest absolute Gasteiger partial charge is 0.364 e. The Morgan fingerprint density at radius 3 is 2.55 bits per heavy atom. The van der Waals surface area contributed by atoms with Crippen LogP contribution in [0, 0.1) is 18.3 Å². The standard InChI is InChI=1S/C16H16BrN3/c1-3-16(11-18,15-10-19-9-8-12(15)2)20-14-6-4-13(17)5-7-14/h4-10,20H,3H2,1-2H3. The van der Waals surface area contributed by atoms with Gasteiger partial charge in [0.2, 0.25) is 0 Å². The molecule has 2 aromatic rings. The van der Waals surface area contributed by atoms with Crippen LogP contribution < -0.4 is 5.32 Å². The zero-order valence-corrected chi connectivity index (χ0v) is 13.1. The molecule has 0 fully saturated rings. The molecule has 102 valence electrons. The third-order valence-electron chi connectivity index (χ3n) is 3.42. The fraction of sp³-hybridized carbons (Fsp3) is 0.250. The molecule has 1 N–H and O–H groups in total. The molecule has 1 aromatic heterocycles. The van der Waals surface area contributed by atoms with Crippen LogP contribution in [0.15, 0.2) is 47.2 Å². The van der Waals surface area contributed by atoms with E-state index in [0.29, 0.717) is 6.42 Å². The van der Waals surface area contributed by atoms with Gasteiger partial charge in [-0.05, 0) is 49.2 Å². The molecule has 0 aliphatic heterocycles. The van der Waals surface area contributed by atoms with E-state index in [1.165, 1.54) is 0 Å². The summed E-state index contributed by atoms with van der Waals surface area (Å²) < 4.78 is 1.01. The zero-order valence-electron chi connectivity index (χ0n) is 11.5. The summed E-state index contributed by atoms with van der Waals surface area (Å²) in [7, 11) is 0. The van der Waals surface area contributed by atoms with Crippen molar-refractivity contribution in [1.29, 1.82) is 5.26 Å². The van der Waals surface area contributed by atoms with Gasteiger partial charge in [0, 0.05) is 28.1 Å². The van der Waals surface area contributed by atoms with Crippen LogP contribution >= 0.6 is 15.9 Å². The molecular formula is C16H16BrN3. The molecule has 0 aliphatic carbocycles. The summed E-state index contributed by atoms with van der Waals surface area (Å²) in [6.45, 7) is 4.00. The van der Waals surface area contributed by atoms with E-state index >= 15 is 0 Å². The number of nitriles is 1. The number of rotatable bonds is 4. The van der Waals surface area contributed by atoms with Crippen LogP contribution in [0.5, 0.6) is 0 Å². The summed E-state index contributed by atoms with van der Waals surface area (Å²) in [6.07, 6.45) is 4.18. The van der Waals surface area contributed by atoms with E-state index in [9.17, 15) is 5.26 Å². The third kappa shape index (κ3) is 2.83. The number of aryl methyl sites for hydroxylation is 1. The number of nitrogens with one attached hydrogen (secondary N) is 1. The van der Waals surface area contributed by atoms with Gasteiger partial charge in [0.15, 0.2) is 5.54 Å². The molecule has 2 rings (SSSR count). The number of hydrogen-bond acceptors (Lipinski definition) is 3. The Morgan fingerprint density at radius 1 is 1.30 bits per heavy atom. The van der Waals surface area contributed by atoms with Crippen molar-refractivity contribution in [3.05, 3.63) is 58.3 Å². The molecule has 0 aliphatic rings. The smallest absolute Gasteiger partial charge is 0.152 e. The maximum absolute atomic E-state index is 9.72. The predicted octanol–water partition coefficient (Wildman–Crippen LogP) is 4.39. The van der Waals surface area contributed by atoms with Crippen LogP contribution in [-0.2, 0) is 5.54 Å². The molecule has 0 spiro atoms. The van der Waals surface area contributed by atoms with E-state index in [4.69, 9.17) is 0 Å². The van der Waals surface area contributed by atoms with Gasteiger partial charge in [-0.3, -0.25) is 4.98 Å². The first-order valence-electron chi connectivity index (χ1n) is 6.47. The van der Waals surface area contributed by atoms with Crippen molar-refractivity contribution in [3.8, 4) is 6.07 Å². The molecular weight excluding hydrogens is 314 g/mol. The molecule has 1 unspecified atom stereocenters. The summed E-state index contributed by atoms with van der Waals surface area (Å²) >= 11 is 3.41. The minimum Gasteiger partial charge on any atom is -0.364 e. The maximum Gasteiger partial charge on any atom is 0.152 e. The molecule has 3 nitrogen and oxygen atoms in total. The molecule has 0 amide bonds. The SMILES string of the molecule is CCC(C#N)(Nc1ccc(Br)cc1)c1cnccc1C. The first-order chi connectivity index (χ1) is 9.61. The van der Waals surface area contributed by atoms with Crippen LogP contribution in [0.25, 0.3) is 0 Å². The van der Waals surface area contributed by atoms with Crippen LogP contribution in [-0.4, -0.2) is 4.98 Å². The van der Waals surface area contributed by atoms with Gasteiger partial charge in [0.05, 0.1) is 6.07 Å². The first-order valence-corrected chi connectivity index (χ1v) is 7.26. The number of anilines is 1. The Hall–Kier alpha value is -1.86. The average molecular weight is 330 g/mol. The van der Waals surface area contributed by atoms with Gasteiger partial charge < -0.3 is 5.32 Å². The van der Waals surface area contributed by atoms with Crippen molar-refractivity contribution in [3.63, 3.8) is 0 Å². The first kappa shape index (κ1) is 14.5. The van der Waals surface area contributed by atoms with E-state index in [1.54, 1.807) is 12.4 Å². The van der Waals surface area contributed by atoms with Crippen molar-refractivity contribution in [2.24, 2.45) is 0 Å². The zero-order chi connectivity index (χ0) is 14.6. The fourth-order valence-electron chi connectivity index (χ4n) is 2.20. The quantitative estimate of drug-likeness (QED) is 0.904. The summed E-state index contributed by atoms with van der Waals surface area (Å²) in [5, 5.41) is 13.1. The van der Waals surface area contributed by atoms with Crippen molar-refractivity contribution < 1.29 is 0 Å². The monoisotopic (exact) mass is 329 g/mol. The number of nitrogens with zero attached hydrogens (tertiary/aromatic N) is 2. The van der Waals surface area contributed by atoms with E-state index in [0.717, 1.165) is 21.3 Å². The van der Waals surface area contributed by atoms with E-state index in [2.05, 4.69) is 32.3 Å². The second kappa shape index (κ2) is 6.06. The Kier molecular flexibility index (Phi) is 4.41. The lowest BCUT2D eigenvalue weighted by Gasteiger charge is -2.29. The minimum absolute atomic E-state index is 0.659. The lowest BCUT2D eigenvalue weighted by molar-refractivity contribution is 0.598. The molecule has 1 aromatic carbocycles. The molecule has 4 heteroatoms. The number of halogens is 1. The Bertz CT molecular complexity index is 631. The fourth-order valence-corrected chi connectivity index (χ4v) is 2.47. The highest BCUT2D eigenvalue weighted by Gasteiger charge is 2.32. The summed E-state index contributed by atoms with van der Waals surface area (Å²) in [4.78, 5) is 4.16. The van der Waals surface area contributed by atoms with E-state index in [1.807, 2.05) is 44.2 Å². The number of hydrogen-bond donors (Lipinski definition) is 1. The number of benzene rings is 1. The highest BCUT2D eigenvalue weighted by Crippen LogP contribution is 2.31. The van der Waals surface area contributed by atoms with Crippen LogP contribution in [0.4, 0.5) is 5.69 Å². The Balaban J connectivity index is 2.43. The number of pyridine rings is 1. The van der Waals surface area contributed by atoms with Crippen LogP contribution in [0.2, 0.25) is 0 Å². The van der Waals surface area contributed by atoms with Gasteiger partial charge >= 0.3 is 0 Å². The molecule has 20 heavy (non-hydrogen) atoms. The highest BCUT2D eigenvalue weighted by molar-refractivity contribution is 9.10. The lowest BCUT2D eigenvalue weighted by atomic mass is 9.86. The number of aromatic nitrogens is 1. The van der Waals surface area contributed by atoms with Gasteiger partial charge in [-0.2, -0.15) is 5.26 Å². The second-order valence-corrected chi connectivity index (χ2v) is 5.61. The van der Waals surface area contributed by atoms with Gasteiger partial charge in [-0.25, -0.2) is 0 Å². The Morgan fingerprint density at radius 2 is 2.00 bits per heavy atom. The average Bonchev–Trinajstić information content (AvgIpc) is 2.48. The van der Waals surface area contributed by atoms with Crippen molar-refractivity contribution >= 4 is 21.6 Å². The van der Waals surface area contributed by atoms with Gasteiger partial charge in [0.1, 0.15) is 0 Å². The third-order valence-corrected chi connectivity index (χ3v) is 3.95. The van der Waals surface area contributed by atoms with Gasteiger partial charge in [-0.15, -0.1) is 0 Å². The molecule has 0 saturated heterocycles. The van der Waals surface area contributed by atoms with Crippen molar-refractivity contribution in [1.82, 2.24) is 4.98 Å². The summed E-state index contributed by atoms with van der Waals surface area (Å²) in [5.41, 5.74) is 2.15. The van der Waals surface area contributed by atoms with Crippen molar-refractivity contribution in [2.45, 2.75) is 25.8 Å².